The van der Waals surface area contributed by atoms with Crippen LogP contribution < -0.4 is 0 Å². The molecule has 0 fully saturated rings. The third-order valence-electron chi connectivity index (χ3n) is 1.63. The van der Waals surface area contributed by atoms with Crippen molar-refractivity contribution < 1.29 is 23.5 Å². The molecule has 0 bridgehead atoms. The Bertz CT molecular complexity index is 432. The van der Waals surface area contributed by atoms with E-state index >= 15 is 0 Å². The zero-order chi connectivity index (χ0) is 11.6. The topological polar surface area (TPSA) is 54.4 Å². The molecule has 1 aromatic carbocycles. The molecule has 15 heavy (non-hydrogen) atoms. The molecule has 3 nitrogen and oxygen atoms in total. The number of hydrogen-bond donors (Lipinski definition) is 1. The van der Waals surface area contributed by atoms with E-state index in [0.29, 0.717) is 0 Å². The highest BCUT2D eigenvalue weighted by molar-refractivity contribution is 6.31. The van der Waals surface area contributed by atoms with Gasteiger partial charge in [0.2, 0.25) is 0 Å². The molecule has 0 spiro atoms. The van der Waals surface area contributed by atoms with Gasteiger partial charge in [0.05, 0.1) is 10.6 Å². The molecule has 0 amide bonds. The van der Waals surface area contributed by atoms with Crippen molar-refractivity contribution in [2.24, 2.45) is 0 Å². The van der Waals surface area contributed by atoms with Crippen LogP contribution in [0.2, 0.25) is 5.02 Å². The molecule has 0 radical (unpaired) electrons. The second kappa shape index (κ2) is 4.35. The number of aliphatic carboxylic acids is 1. The molecule has 0 saturated carbocycles. The van der Waals surface area contributed by atoms with Gasteiger partial charge in [-0.25, -0.2) is 8.78 Å². The van der Waals surface area contributed by atoms with Crippen molar-refractivity contribution in [2.45, 2.75) is 6.42 Å². The largest absolute Gasteiger partial charge is 0.481 e. The summed E-state index contributed by atoms with van der Waals surface area (Å²) in [5.41, 5.74) is -0.912. The number of ketones is 1. The zero-order valence-electron chi connectivity index (χ0n) is 7.26. The fourth-order valence-electron chi connectivity index (χ4n) is 1.01. The Kier molecular flexibility index (Phi) is 3.36. The maximum absolute atomic E-state index is 13.2. The lowest BCUT2D eigenvalue weighted by Gasteiger charge is -2.03. The van der Waals surface area contributed by atoms with E-state index in [2.05, 4.69) is 0 Å². The molecule has 0 heterocycles. The van der Waals surface area contributed by atoms with Gasteiger partial charge in [-0.05, 0) is 12.1 Å². The third-order valence-corrected chi connectivity index (χ3v) is 1.93. The molecule has 0 saturated heterocycles. The Labute approximate surface area is 88.3 Å². The molecule has 6 heteroatoms. The molecule has 0 aliphatic heterocycles. The van der Waals surface area contributed by atoms with Gasteiger partial charge < -0.3 is 5.11 Å². The van der Waals surface area contributed by atoms with Crippen molar-refractivity contribution in [2.75, 3.05) is 0 Å². The zero-order valence-corrected chi connectivity index (χ0v) is 8.02. The van der Waals surface area contributed by atoms with E-state index in [0.717, 1.165) is 12.1 Å². The van der Waals surface area contributed by atoms with Gasteiger partial charge in [0, 0.05) is 0 Å². The Morgan fingerprint density at radius 3 is 2.47 bits per heavy atom. The Morgan fingerprint density at radius 1 is 1.33 bits per heavy atom. The number of hydrogen-bond acceptors (Lipinski definition) is 2. The quantitative estimate of drug-likeness (QED) is 0.496. The van der Waals surface area contributed by atoms with Crippen molar-refractivity contribution in [1.29, 1.82) is 0 Å². The molecular formula is C9H5ClF2O3. The highest BCUT2D eigenvalue weighted by Crippen LogP contribution is 2.22. The van der Waals surface area contributed by atoms with Crippen LogP contribution in [0, 0.1) is 11.6 Å². The van der Waals surface area contributed by atoms with Gasteiger partial charge in [-0.2, -0.15) is 0 Å². The van der Waals surface area contributed by atoms with Gasteiger partial charge >= 0.3 is 5.97 Å². The highest BCUT2D eigenvalue weighted by atomic mass is 35.5. The Balaban J connectivity index is 3.18. The van der Waals surface area contributed by atoms with E-state index in [1.165, 1.54) is 0 Å². The first-order valence-electron chi connectivity index (χ1n) is 3.82. The third kappa shape index (κ3) is 2.50. The minimum atomic E-state index is -1.46. The summed E-state index contributed by atoms with van der Waals surface area (Å²) in [6, 6.07) is 1.75. The number of rotatable bonds is 3. The fourth-order valence-corrected chi connectivity index (χ4v) is 1.17. The van der Waals surface area contributed by atoms with Crippen molar-refractivity contribution in [1.82, 2.24) is 0 Å². The van der Waals surface area contributed by atoms with E-state index in [9.17, 15) is 18.4 Å². The summed E-state index contributed by atoms with van der Waals surface area (Å²) < 4.78 is 26.2. The molecule has 0 unspecified atom stereocenters. The predicted molar refractivity (Wildman–Crippen MR) is 48.0 cm³/mol. The summed E-state index contributed by atoms with van der Waals surface area (Å²) in [6.45, 7) is 0. The lowest BCUT2D eigenvalue weighted by molar-refractivity contribution is -0.135. The van der Waals surface area contributed by atoms with E-state index in [-0.39, 0.29) is 0 Å². The summed E-state index contributed by atoms with van der Waals surface area (Å²) in [6.07, 6.45) is -0.978. The van der Waals surface area contributed by atoms with E-state index in [1.54, 1.807) is 0 Å². The van der Waals surface area contributed by atoms with Gasteiger partial charge in [0.1, 0.15) is 12.2 Å². The molecule has 0 aliphatic carbocycles. The lowest BCUT2D eigenvalue weighted by atomic mass is 10.1. The smallest absolute Gasteiger partial charge is 0.311 e. The molecule has 1 rings (SSSR count). The van der Waals surface area contributed by atoms with Crippen LogP contribution in [0.1, 0.15) is 16.8 Å². The van der Waals surface area contributed by atoms with Gasteiger partial charge in [-0.1, -0.05) is 11.6 Å². The summed E-state index contributed by atoms with van der Waals surface area (Å²) in [5.74, 6) is -4.97. The van der Waals surface area contributed by atoms with Gasteiger partial charge in [-0.3, -0.25) is 9.59 Å². The van der Waals surface area contributed by atoms with Crippen molar-refractivity contribution in [3.63, 3.8) is 0 Å². The molecule has 80 valence electrons. The normalized spacial score (nSPS) is 10.1. The Hall–Kier alpha value is -1.49. The van der Waals surface area contributed by atoms with Crippen molar-refractivity contribution in [3.05, 3.63) is 34.4 Å². The van der Waals surface area contributed by atoms with Gasteiger partial charge in [0.15, 0.2) is 11.6 Å². The Morgan fingerprint density at radius 2 is 1.93 bits per heavy atom. The van der Waals surface area contributed by atoms with Gasteiger partial charge in [-0.15, -0.1) is 0 Å². The average molecular weight is 235 g/mol. The van der Waals surface area contributed by atoms with Crippen LogP contribution in [0.4, 0.5) is 8.78 Å². The number of Topliss-reactive ketones (excluding diaryl/α,β-unsaturated/α-hetero) is 1. The van der Waals surface area contributed by atoms with Crippen LogP contribution in [0.15, 0.2) is 12.1 Å². The maximum Gasteiger partial charge on any atom is 0.311 e. The molecule has 1 N–H and O–H groups in total. The van der Waals surface area contributed by atoms with Crippen LogP contribution >= 0.6 is 11.6 Å². The van der Waals surface area contributed by atoms with E-state index in [1.807, 2.05) is 0 Å². The highest BCUT2D eigenvalue weighted by Gasteiger charge is 2.21. The number of carbonyl (C=O) groups is 2. The summed E-state index contributed by atoms with van der Waals surface area (Å²) >= 11 is 5.33. The number of carbonyl (C=O) groups excluding carboxylic acids is 1. The molecule has 0 aliphatic rings. The lowest BCUT2D eigenvalue weighted by Crippen LogP contribution is -2.11. The van der Waals surface area contributed by atoms with Crippen LogP contribution in [-0.4, -0.2) is 16.9 Å². The minimum absolute atomic E-state index is 0.426. The predicted octanol–water partition coefficient (Wildman–Crippen LogP) is 2.28. The fraction of sp³-hybridized carbons (Fsp3) is 0.111. The van der Waals surface area contributed by atoms with E-state index < -0.39 is 40.4 Å². The first-order chi connectivity index (χ1) is 6.93. The van der Waals surface area contributed by atoms with Crippen LogP contribution in [-0.2, 0) is 4.79 Å². The first-order valence-corrected chi connectivity index (χ1v) is 4.19. The van der Waals surface area contributed by atoms with E-state index in [4.69, 9.17) is 16.7 Å². The molecule has 0 aromatic heterocycles. The van der Waals surface area contributed by atoms with Crippen molar-refractivity contribution >= 4 is 23.4 Å². The second-order valence-corrected chi connectivity index (χ2v) is 3.12. The minimum Gasteiger partial charge on any atom is -0.481 e. The maximum atomic E-state index is 13.2. The average Bonchev–Trinajstić information content (AvgIpc) is 2.11. The molecule has 1 aromatic rings. The standard InChI is InChI=1S/C9H5ClF2O3/c10-4-1-2-5(11)8(9(4)12)6(13)3-7(14)15/h1-2H,3H2,(H,14,15). The second-order valence-electron chi connectivity index (χ2n) is 2.71. The summed E-state index contributed by atoms with van der Waals surface area (Å²) in [7, 11) is 0. The summed E-state index contributed by atoms with van der Waals surface area (Å²) in [4.78, 5) is 21.3. The molecular weight excluding hydrogens is 230 g/mol. The monoisotopic (exact) mass is 234 g/mol. The van der Waals surface area contributed by atoms with Crippen molar-refractivity contribution in [3.8, 4) is 0 Å². The van der Waals surface area contributed by atoms with Crippen LogP contribution in [0.3, 0.4) is 0 Å². The SMILES string of the molecule is O=C(O)CC(=O)c1c(F)ccc(Cl)c1F. The van der Waals surface area contributed by atoms with Gasteiger partial charge in [0.25, 0.3) is 0 Å². The first kappa shape index (κ1) is 11.6. The number of halogens is 3. The van der Waals surface area contributed by atoms with Crippen LogP contribution in [0.25, 0.3) is 0 Å². The molecule has 0 atom stereocenters. The summed E-state index contributed by atoms with van der Waals surface area (Å²) in [5, 5.41) is 7.87. The van der Waals surface area contributed by atoms with Crippen LogP contribution in [0.5, 0.6) is 0 Å². The number of carboxylic acid groups (broad SMARTS) is 1. The number of benzene rings is 1. The number of carboxylic acids is 1.